The van der Waals surface area contributed by atoms with Gasteiger partial charge < -0.3 is 0 Å². The summed E-state index contributed by atoms with van der Waals surface area (Å²) in [5.41, 5.74) is 0. The zero-order chi connectivity index (χ0) is 12.8. The quantitative estimate of drug-likeness (QED) is 0.717. The summed E-state index contributed by atoms with van der Waals surface area (Å²) in [4.78, 5) is 25.1. The number of nitrogens with one attached hydrogen (secondary N) is 1. The Bertz CT molecular complexity index is 279. The number of nitrogens with zero attached hydrogens (tertiary/aromatic N) is 1. The lowest BCUT2D eigenvalue weighted by Crippen LogP contribution is -2.57. The number of imide groups is 1. The molecule has 1 fully saturated rings. The number of piperazine rings is 1. The number of carbonyl (C=O) groups is 2. The molecule has 4 heteroatoms. The van der Waals surface area contributed by atoms with Crippen molar-refractivity contribution >= 4 is 11.8 Å². The van der Waals surface area contributed by atoms with Crippen LogP contribution in [-0.4, -0.2) is 35.8 Å². The normalized spacial score (nSPS) is 23.0. The maximum absolute atomic E-state index is 11.9. The summed E-state index contributed by atoms with van der Waals surface area (Å²) in [6, 6.07) is -0.226. The highest BCUT2D eigenvalue weighted by atomic mass is 16.2. The van der Waals surface area contributed by atoms with Crippen LogP contribution in [0.5, 0.6) is 0 Å². The predicted octanol–water partition coefficient (Wildman–Crippen LogP) is 1.55. The molecule has 0 aromatic carbocycles. The van der Waals surface area contributed by atoms with Crippen molar-refractivity contribution in [3.63, 3.8) is 0 Å². The second kappa shape index (κ2) is 6.74. The van der Waals surface area contributed by atoms with Gasteiger partial charge in [0.2, 0.25) is 11.8 Å². The molecule has 2 amide bonds. The molecule has 1 rings (SSSR count). The fraction of sp³-hybridized carbons (Fsp3) is 0.846. The highest BCUT2D eigenvalue weighted by Crippen LogP contribution is 2.16. The van der Waals surface area contributed by atoms with E-state index in [1.807, 2.05) is 6.92 Å². The summed E-state index contributed by atoms with van der Waals surface area (Å²) in [6.45, 7) is 6.99. The van der Waals surface area contributed by atoms with Gasteiger partial charge in [-0.05, 0) is 19.3 Å². The molecule has 1 aliphatic heterocycles. The first-order valence-corrected chi connectivity index (χ1v) is 6.67. The van der Waals surface area contributed by atoms with Crippen LogP contribution < -0.4 is 5.32 Å². The van der Waals surface area contributed by atoms with Crippen LogP contribution >= 0.6 is 0 Å². The largest absolute Gasteiger partial charge is 0.298 e. The molecule has 0 bridgehead atoms. The van der Waals surface area contributed by atoms with E-state index in [-0.39, 0.29) is 24.4 Å². The van der Waals surface area contributed by atoms with Crippen LogP contribution in [0, 0.1) is 5.92 Å². The number of amides is 2. The Morgan fingerprint density at radius 1 is 1.41 bits per heavy atom. The molecule has 0 saturated carbocycles. The molecule has 98 valence electrons. The molecule has 1 heterocycles. The van der Waals surface area contributed by atoms with Gasteiger partial charge in [0.1, 0.15) is 0 Å². The fourth-order valence-corrected chi connectivity index (χ4v) is 2.15. The Morgan fingerprint density at radius 3 is 2.71 bits per heavy atom. The zero-order valence-corrected chi connectivity index (χ0v) is 11.2. The molecule has 1 N–H and O–H groups in total. The lowest BCUT2D eigenvalue weighted by molar-refractivity contribution is -0.149. The van der Waals surface area contributed by atoms with E-state index in [4.69, 9.17) is 0 Å². The molecule has 17 heavy (non-hydrogen) atoms. The number of carbonyl (C=O) groups excluding carboxylic acids is 2. The number of hydrogen-bond donors (Lipinski definition) is 1. The Hall–Kier alpha value is -0.900. The van der Waals surface area contributed by atoms with E-state index < -0.39 is 0 Å². The summed E-state index contributed by atoms with van der Waals surface area (Å²) >= 11 is 0. The standard InChI is InChI=1S/C13H24N2O2/c1-4-6-7-11(5-2)9-15-12(16)8-14-10(3)13(15)17/h10-11,14H,4-9H2,1-3H3. The van der Waals surface area contributed by atoms with Crippen molar-refractivity contribution < 1.29 is 9.59 Å². The van der Waals surface area contributed by atoms with Gasteiger partial charge in [-0.1, -0.05) is 33.1 Å². The lowest BCUT2D eigenvalue weighted by atomic mass is 9.98. The molecule has 1 saturated heterocycles. The molecule has 0 aromatic rings. The van der Waals surface area contributed by atoms with Gasteiger partial charge in [0.25, 0.3) is 0 Å². The molecule has 2 unspecified atom stereocenters. The van der Waals surface area contributed by atoms with Gasteiger partial charge in [-0.25, -0.2) is 0 Å². The monoisotopic (exact) mass is 240 g/mol. The van der Waals surface area contributed by atoms with Crippen LogP contribution in [0.25, 0.3) is 0 Å². The summed E-state index contributed by atoms with van der Waals surface area (Å²) in [7, 11) is 0. The van der Waals surface area contributed by atoms with Crippen LogP contribution in [0.3, 0.4) is 0 Å². The first kappa shape index (κ1) is 14.2. The molecular formula is C13H24N2O2. The van der Waals surface area contributed by atoms with Crippen LogP contribution in [0.1, 0.15) is 46.5 Å². The van der Waals surface area contributed by atoms with Crippen LogP contribution in [0.4, 0.5) is 0 Å². The Kier molecular flexibility index (Phi) is 5.62. The minimum Gasteiger partial charge on any atom is -0.298 e. The van der Waals surface area contributed by atoms with Gasteiger partial charge >= 0.3 is 0 Å². The number of hydrogen-bond acceptors (Lipinski definition) is 3. The zero-order valence-electron chi connectivity index (χ0n) is 11.2. The van der Waals surface area contributed by atoms with Crippen molar-refractivity contribution in [2.24, 2.45) is 5.92 Å². The van der Waals surface area contributed by atoms with Gasteiger partial charge in [-0.3, -0.25) is 19.8 Å². The summed E-state index contributed by atoms with van der Waals surface area (Å²) < 4.78 is 0. The summed E-state index contributed by atoms with van der Waals surface area (Å²) in [5, 5.41) is 2.91. The molecule has 0 aromatic heterocycles. The van der Waals surface area contributed by atoms with Crippen molar-refractivity contribution in [1.82, 2.24) is 10.2 Å². The van der Waals surface area contributed by atoms with Crippen molar-refractivity contribution in [3.8, 4) is 0 Å². The van der Waals surface area contributed by atoms with E-state index >= 15 is 0 Å². The van der Waals surface area contributed by atoms with E-state index in [0.717, 1.165) is 19.3 Å². The van der Waals surface area contributed by atoms with Crippen molar-refractivity contribution in [3.05, 3.63) is 0 Å². The minimum absolute atomic E-state index is 0.0730. The van der Waals surface area contributed by atoms with Crippen molar-refractivity contribution in [2.75, 3.05) is 13.1 Å². The van der Waals surface area contributed by atoms with Crippen LogP contribution in [0.15, 0.2) is 0 Å². The second-order valence-electron chi connectivity index (χ2n) is 4.86. The van der Waals surface area contributed by atoms with Gasteiger partial charge in [0.15, 0.2) is 0 Å². The maximum atomic E-state index is 11.9. The van der Waals surface area contributed by atoms with Gasteiger partial charge in [0, 0.05) is 6.54 Å². The SMILES string of the molecule is CCCCC(CC)CN1C(=O)CNC(C)C1=O. The summed E-state index contributed by atoms with van der Waals surface area (Å²) in [5.74, 6) is 0.299. The van der Waals surface area contributed by atoms with E-state index in [1.54, 1.807) is 0 Å². The second-order valence-corrected chi connectivity index (χ2v) is 4.86. The lowest BCUT2D eigenvalue weighted by Gasteiger charge is -2.32. The minimum atomic E-state index is -0.226. The van der Waals surface area contributed by atoms with E-state index in [0.29, 0.717) is 12.5 Å². The predicted molar refractivity (Wildman–Crippen MR) is 67.5 cm³/mol. The highest BCUT2D eigenvalue weighted by molar-refractivity contribution is 6.00. The Morgan fingerprint density at radius 2 is 2.12 bits per heavy atom. The number of unbranched alkanes of at least 4 members (excludes halogenated alkanes) is 1. The summed E-state index contributed by atoms with van der Waals surface area (Å²) in [6.07, 6.45) is 4.46. The molecular weight excluding hydrogens is 216 g/mol. The molecule has 0 aliphatic carbocycles. The maximum Gasteiger partial charge on any atom is 0.246 e. The molecule has 0 radical (unpaired) electrons. The van der Waals surface area contributed by atoms with Crippen molar-refractivity contribution in [1.29, 1.82) is 0 Å². The van der Waals surface area contributed by atoms with Crippen LogP contribution in [-0.2, 0) is 9.59 Å². The third-order valence-electron chi connectivity index (χ3n) is 3.48. The third kappa shape index (κ3) is 3.80. The molecule has 0 spiro atoms. The van der Waals surface area contributed by atoms with E-state index in [1.165, 1.54) is 11.3 Å². The molecule has 2 atom stereocenters. The highest BCUT2D eigenvalue weighted by Gasteiger charge is 2.32. The average Bonchev–Trinajstić information content (AvgIpc) is 2.33. The molecule has 1 aliphatic rings. The van der Waals surface area contributed by atoms with E-state index in [2.05, 4.69) is 19.2 Å². The average molecular weight is 240 g/mol. The van der Waals surface area contributed by atoms with E-state index in [9.17, 15) is 9.59 Å². The van der Waals surface area contributed by atoms with Gasteiger partial charge in [0.05, 0.1) is 12.6 Å². The first-order valence-electron chi connectivity index (χ1n) is 6.67. The van der Waals surface area contributed by atoms with Gasteiger partial charge in [-0.2, -0.15) is 0 Å². The smallest absolute Gasteiger partial charge is 0.246 e. The van der Waals surface area contributed by atoms with Gasteiger partial charge in [-0.15, -0.1) is 0 Å². The third-order valence-corrected chi connectivity index (χ3v) is 3.48. The Balaban J connectivity index is 2.56. The first-order chi connectivity index (χ1) is 8.10. The van der Waals surface area contributed by atoms with Crippen molar-refractivity contribution in [2.45, 2.75) is 52.5 Å². The number of rotatable bonds is 6. The fourth-order valence-electron chi connectivity index (χ4n) is 2.15. The molecule has 4 nitrogen and oxygen atoms in total. The Labute approximate surface area is 104 Å². The topological polar surface area (TPSA) is 49.4 Å². The van der Waals surface area contributed by atoms with Crippen LogP contribution in [0.2, 0.25) is 0 Å².